The average molecular weight is 247 g/mol. The van der Waals surface area contributed by atoms with Gasteiger partial charge in [0.15, 0.2) is 0 Å². The molecule has 5 heteroatoms. The summed E-state index contributed by atoms with van der Waals surface area (Å²) in [6.07, 6.45) is 2.90. The summed E-state index contributed by atoms with van der Waals surface area (Å²) < 4.78 is 5.16. The molecule has 1 unspecified atom stereocenters. The number of nitrogens with zero attached hydrogens (tertiary/aromatic N) is 2. The zero-order valence-corrected chi connectivity index (χ0v) is 10.8. The van der Waals surface area contributed by atoms with E-state index in [0.717, 1.165) is 5.56 Å². The molecule has 96 valence electrons. The van der Waals surface area contributed by atoms with Gasteiger partial charge in [0, 0.05) is 12.4 Å². The molecule has 1 N–H and O–H groups in total. The van der Waals surface area contributed by atoms with Crippen molar-refractivity contribution in [3.8, 4) is 6.07 Å². The van der Waals surface area contributed by atoms with Crippen LogP contribution in [0.25, 0.3) is 0 Å². The van der Waals surface area contributed by atoms with Crippen LogP contribution < -0.4 is 5.32 Å². The highest BCUT2D eigenvalue weighted by atomic mass is 16.6. The molecule has 0 radical (unpaired) electrons. The van der Waals surface area contributed by atoms with Gasteiger partial charge in [-0.05, 0) is 32.4 Å². The van der Waals surface area contributed by atoms with Crippen molar-refractivity contribution in [3.63, 3.8) is 0 Å². The van der Waals surface area contributed by atoms with Crippen LogP contribution in [0.5, 0.6) is 0 Å². The Hall–Kier alpha value is -2.09. The van der Waals surface area contributed by atoms with Gasteiger partial charge in [-0.2, -0.15) is 5.26 Å². The highest BCUT2D eigenvalue weighted by molar-refractivity contribution is 5.68. The number of aromatic nitrogens is 1. The maximum absolute atomic E-state index is 11.7. The molecule has 1 amide bonds. The first-order valence-corrected chi connectivity index (χ1v) is 5.69. The standard InChI is InChI=1S/C13H17N3O2/c1-13(2,3)18-12(17)16-11(6-7-14)10-5-4-8-15-9-10/h4-5,8-9,11H,6H2,1-3H3,(H,16,17). The fourth-order valence-corrected chi connectivity index (χ4v) is 1.38. The van der Waals surface area contributed by atoms with E-state index in [4.69, 9.17) is 10.00 Å². The molecule has 0 spiro atoms. The molecule has 1 atom stereocenters. The summed E-state index contributed by atoms with van der Waals surface area (Å²) in [5.41, 5.74) is 0.223. The van der Waals surface area contributed by atoms with Crippen LogP contribution in [0.4, 0.5) is 4.79 Å². The van der Waals surface area contributed by atoms with Crippen molar-refractivity contribution < 1.29 is 9.53 Å². The average Bonchev–Trinajstić information content (AvgIpc) is 2.27. The second-order valence-electron chi connectivity index (χ2n) is 4.85. The van der Waals surface area contributed by atoms with Crippen molar-refractivity contribution in [3.05, 3.63) is 30.1 Å². The van der Waals surface area contributed by atoms with Gasteiger partial charge in [-0.3, -0.25) is 4.98 Å². The van der Waals surface area contributed by atoms with Gasteiger partial charge in [0.25, 0.3) is 0 Å². The number of amides is 1. The molecule has 5 nitrogen and oxygen atoms in total. The smallest absolute Gasteiger partial charge is 0.408 e. The number of pyridine rings is 1. The summed E-state index contributed by atoms with van der Waals surface area (Å²) in [7, 11) is 0. The zero-order chi connectivity index (χ0) is 13.6. The second kappa shape index (κ2) is 6.01. The van der Waals surface area contributed by atoms with Gasteiger partial charge in [0.05, 0.1) is 18.5 Å². The molecule has 1 aromatic heterocycles. The molecular weight excluding hydrogens is 230 g/mol. The van der Waals surface area contributed by atoms with Gasteiger partial charge in [0.2, 0.25) is 0 Å². The highest BCUT2D eigenvalue weighted by Gasteiger charge is 2.20. The third-order valence-electron chi connectivity index (χ3n) is 2.07. The number of carbonyl (C=O) groups is 1. The summed E-state index contributed by atoms with van der Waals surface area (Å²) in [6.45, 7) is 5.36. The van der Waals surface area contributed by atoms with Crippen LogP contribution in [0.3, 0.4) is 0 Å². The molecule has 0 saturated carbocycles. The lowest BCUT2D eigenvalue weighted by molar-refractivity contribution is 0.0504. The number of carbonyl (C=O) groups excluding carboxylic acids is 1. The summed E-state index contributed by atoms with van der Waals surface area (Å²) in [5, 5.41) is 11.4. The monoisotopic (exact) mass is 247 g/mol. The van der Waals surface area contributed by atoms with Crippen molar-refractivity contribution >= 4 is 6.09 Å². The van der Waals surface area contributed by atoms with Crippen LogP contribution in [-0.4, -0.2) is 16.7 Å². The molecule has 0 fully saturated rings. The van der Waals surface area contributed by atoms with Crippen molar-refractivity contribution in [2.45, 2.75) is 38.8 Å². The number of hydrogen-bond acceptors (Lipinski definition) is 4. The van der Waals surface area contributed by atoms with E-state index in [1.807, 2.05) is 12.1 Å². The first-order valence-electron chi connectivity index (χ1n) is 5.69. The van der Waals surface area contributed by atoms with E-state index in [9.17, 15) is 4.79 Å². The lowest BCUT2D eigenvalue weighted by Crippen LogP contribution is -2.34. The van der Waals surface area contributed by atoms with E-state index in [0.29, 0.717) is 0 Å². The quantitative estimate of drug-likeness (QED) is 0.890. The van der Waals surface area contributed by atoms with E-state index < -0.39 is 17.7 Å². The molecule has 0 saturated heterocycles. The Labute approximate surface area is 107 Å². The Morgan fingerprint density at radius 3 is 2.83 bits per heavy atom. The van der Waals surface area contributed by atoms with Gasteiger partial charge in [-0.25, -0.2) is 4.79 Å². The van der Waals surface area contributed by atoms with Gasteiger partial charge in [0.1, 0.15) is 5.60 Å². The summed E-state index contributed by atoms with van der Waals surface area (Å²) in [4.78, 5) is 15.6. The Balaban J connectivity index is 2.71. The number of nitrogens with one attached hydrogen (secondary N) is 1. The van der Waals surface area contributed by atoms with Crippen molar-refractivity contribution in [1.82, 2.24) is 10.3 Å². The first-order chi connectivity index (χ1) is 8.42. The molecule has 0 aromatic carbocycles. The van der Waals surface area contributed by atoms with E-state index >= 15 is 0 Å². The normalized spacial score (nSPS) is 12.3. The number of hydrogen-bond donors (Lipinski definition) is 1. The Morgan fingerprint density at radius 1 is 1.61 bits per heavy atom. The number of rotatable bonds is 3. The number of ether oxygens (including phenoxy) is 1. The molecule has 1 rings (SSSR count). The van der Waals surface area contributed by atoms with E-state index in [1.54, 1.807) is 39.2 Å². The van der Waals surface area contributed by atoms with Gasteiger partial charge in [-0.1, -0.05) is 6.07 Å². The van der Waals surface area contributed by atoms with Crippen LogP contribution >= 0.6 is 0 Å². The Bertz CT molecular complexity index is 432. The summed E-state index contributed by atoms with van der Waals surface area (Å²) in [6, 6.07) is 5.20. The van der Waals surface area contributed by atoms with Gasteiger partial charge >= 0.3 is 6.09 Å². The SMILES string of the molecule is CC(C)(C)OC(=O)NC(CC#N)c1cccnc1. The minimum Gasteiger partial charge on any atom is -0.444 e. The molecule has 0 aliphatic carbocycles. The second-order valence-corrected chi connectivity index (χ2v) is 4.85. The van der Waals surface area contributed by atoms with Crippen LogP contribution in [0.2, 0.25) is 0 Å². The van der Waals surface area contributed by atoms with E-state index in [1.165, 1.54) is 0 Å². The Morgan fingerprint density at radius 2 is 2.33 bits per heavy atom. The summed E-state index contributed by atoms with van der Waals surface area (Å²) in [5.74, 6) is 0. The van der Waals surface area contributed by atoms with Crippen molar-refractivity contribution in [2.24, 2.45) is 0 Å². The molecule has 0 aliphatic heterocycles. The van der Waals surface area contributed by atoms with Crippen LogP contribution in [0.1, 0.15) is 38.8 Å². The molecule has 0 bridgehead atoms. The first kappa shape index (κ1) is 14.0. The fraction of sp³-hybridized carbons (Fsp3) is 0.462. The van der Waals surface area contributed by atoms with Crippen molar-refractivity contribution in [2.75, 3.05) is 0 Å². The Kier molecular flexibility index (Phi) is 4.67. The number of alkyl carbamates (subject to hydrolysis) is 1. The highest BCUT2D eigenvalue weighted by Crippen LogP contribution is 2.16. The van der Waals surface area contributed by atoms with E-state index in [2.05, 4.69) is 10.3 Å². The largest absolute Gasteiger partial charge is 0.444 e. The van der Waals surface area contributed by atoms with Crippen LogP contribution in [-0.2, 0) is 4.74 Å². The van der Waals surface area contributed by atoms with Crippen LogP contribution in [0, 0.1) is 11.3 Å². The predicted molar refractivity (Wildman–Crippen MR) is 66.6 cm³/mol. The predicted octanol–water partition coefficient (Wildman–Crippen LogP) is 2.56. The fourth-order valence-electron chi connectivity index (χ4n) is 1.38. The maximum atomic E-state index is 11.7. The zero-order valence-electron chi connectivity index (χ0n) is 10.8. The molecule has 18 heavy (non-hydrogen) atoms. The topological polar surface area (TPSA) is 75.0 Å². The minimum absolute atomic E-state index is 0.172. The maximum Gasteiger partial charge on any atom is 0.408 e. The van der Waals surface area contributed by atoms with Gasteiger partial charge < -0.3 is 10.1 Å². The van der Waals surface area contributed by atoms with Gasteiger partial charge in [-0.15, -0.1) is 0 Å². The number of nitriles is 1. The molecule has 1 heterocycles. The minimum atomic E-state index is -0.559. The lowest BCUT2D eigenvalue weighted by atomic mass is 10.1. The molecule has 0 aliphatic rings. The lowest BCUT2D eigenvalue weighted by Gasteiger charge is -2.22. The summed E-state index contributed by atoms with van der Waals surface area (Å²) >= 11 is 0. The van der Waals surface area contributed by atoms with Crippen LogP contribution in [0.15, 0.2) is 24.5 Å². The molecule has 1 aromatic rings. The molecular formula is C13H17N3O2. The third kappa shape index (κ3) is 4.83. The third-order valence-corrected chi connectivity index (χ3v) is 2.07. The van der Waals surface area contributed by atoms with Crippen molar-refractivity contribution in [1.29, 1.82) is 5.26 Å². The van der Waals surface area contributed by atoms with E-state index in [-0.39, 0.29) is 6.42 Å².